The van der Waals surface area contributed by atoms with Gasteiger partial charge in [0.2, 0.25) is 11.8 Å². The highest BCUT2D eigenvalue weighted by atomic mass is 16.5. The molecule has 2 bridgehead atoms. The van der Waals surface area contributed by atoms with Gasteiger partial charge in [-0.3, -0.25) is 14.4 Å². The van der Waals surface area contributed by atoms with Crippen LogP contribution in [0.15, 0.2) is 85.1 Å². The van der Waals surface area contributed by atoms with Crippen molar-refractivity contribution >= 4 is 28.7 Å². The summed E-state index contributed by atoms with van der Waals surface area (Å²) in [4.78, 5) is 38.3. The lowest BCUT2D eigenvalue weighted by molar-refractivity contribution is -0.141. The molecular formula is C33H35N3O6. The van der Waals surface area contributed by atoms with Crippen LogP contribution in [0.25, 0.3) is 10.9 Å². The second-order valence-electron chi connectivity index (χ2n) is 10.4. The molecule has 1 aliphatic rings. The number of aryl methyl sites for hydroxylation is 1. The maximum Gasteiger partial charge on any atom is 0.304 e. The summed E-state index contributed by atoms with van der Waals surface area (Å²) in [5.41, 5.74) is 2.92. The molecule has 0 spiro atoms. The van der Waals surface area contributed by atoms with Crippen molar-refractivity contribution in [2.45, 2.75) is 38.3 Å². The van der Waals surface area contributed by atoms with E-state index < -0.39 is 23.8 Å². The first kappa shape index (κ1) is 28.9. The standard InChI is InChI=1S/C33H35N3O6/c37-31(38)21-24(13-10-23-11-14-27(15-12-23)42-26-6-2-1-3-7-26)32(39)35-29-20-25-22-36(30-9-5-4-8-28(25)30)17-19-41-18-16-34-33(29)40/h1-9,11-12,14-15,22,24,29H,10,13,16-21H2,(H,34,40)(H,35,39)(H,37,38)/t24-,29?/m1/s1. The quantitative estimate of drug-likeness (QED) is 0.276. The van der Waals surface area contributed by atoms with Gasteiger partial charge in [0.05, 0.1) is 19.6 Å². The Bertz CT molecular complexity index is 1520. The minimum absolute atomic E-state index is 0.286. The smallest absolute Gasteiger partial charge is 0.304 e. The number of carboxylic acids is 1. The van der Waals surface area contributed by atoms with Crippen molar-refractivity contribution in [2.24, 2.45) is 5.92 Å². The van der Waals surface area contributed by atoms with E-state index in [1.54, 1.807) is 0 Å². The van der Waals surface area contributed by atoms with Crippen molar-refractivity contribution in [2.75, 3.05) is 19.8 Å². The van der Waals surface area contributed by atoms with Gasteiger partial charge in [-0.1, -0.05) is 48.5 Å². The van der Waals surface area contributed by atoms with Crippen LogP contribution in [-0.2, 0) is 38.5 Å². The fourth-order valence-corrected chi connectivity index (χ4v) is 5.25. The summed E-state index contributed by atoms with van der Waals surface area (Å²) in [7, 11) is 0. The molecule has 1 unspecified atom stereocenters. The largest absolute Gasteiger partial charge is 0.481 e. The first-order valence-corrected chi connectivity index (χ1v) is 14.2. The highest BCUT2D eigenvalue weighted by molar-refractivity contribution is 5.91. The molecule has 0 saturated carbocycles. The lowest BCUT2D eigenvalue weighted by Crippen LogP contribution is -2.50. The van der Waals surface area contributed by atoms with Crippen molar-refractivity contribution in [1.29, 1.82) is 0 Å². The minimum Gasteiger partial charge on any atom is -0.481 e. The number of carbonyl (C=O) groups excluding carboxylic acids is 2. The van der Waals surface area contributed by atoms with Gasteiger partial charge in [-0.2, -0.15) is 0 Å². The van der Waals surface area contributed by atoms with E-state index in [2.05, 4.69) is 15.2 Å². The van der Waals surface area contributed by atoms with E-state index >= 15 is 0 Å². The zero-order valence-electron chi connectivity index (χ0n) is 23.3. The number of fused-ring (bicyclic) bond motifs is 5. The number of ether oxygens (including phenoxy) is 2. The van der Waals surface area contributed by atoms with Gasteiger partial charge in [-0.05, 0) is 54.3 Å². The molecule has 4 aromatic rings. The molecule has 42 heavy (non-hydrogen) atoms. The van der Waals surface area contributed by atoms with Gasteiger partial charge in [0, 0.05) is 42.5 Å². The van der Waals surface area contributed by atoms with Crippen LogP contribution in [0.3, 0.4) is 0 Å². The number of amides is 2. The number of rotatable bonds is 9. The molecule has 3 aromatic carbocycles. The molecule has 0 aliphatic carbocycles. The Hall–Kier alpha value is -4.63. The number of nitrogens with one attached hydrogen (secondary N) is 2. The number of hydrogen-bond acceptors (Lipinski definition) is 5. The van der Waals surface area contributed by atoms with Gasteiger partial charge in [0.15, 0.2) is 0 Å². The lowest BCUT2D eigenvalue weighted by Gasteiger charge is -2.22. The van der Waals surface area contributed by atoms with Crippen molar-refractivity contribution in [3.05, 3.63) is 96.2 Å². The molecular weight excluding hydrogens is 534 g/mol. The van der Waals surface area contributed by atoms with Crippen LogP contribution in [0.4, 0.5) is 0 Å². The Morgan fingerprint density at radius 3 is 2.52 bits per heavy atom. The van der Waals surface area contributed by atoms with Gasteiger partial charge < -0.3 is 29.8 Å². The third-order valence-electron chi connectivity index (χ3n) is 7.43. The Balaban J connectivity index is 1.28. The fourth-order valence-electron chi connectivity index (χ4n) is 5.25. The SMILES string of the molecule is O=C(O)C[C@@H](CCc1ccc(Oc2ccccc2)cc1)C(=O)NC1Cc2cn(c3ccccc23)CCOCCNC1=O. The zero-order chi connectivity index (χ0) is 29.3. The molecule has 1 aliphatic heterocycles. The summed E-state index contributed by atoms with van der Waals surface area (Å²) in [6, 6.07) is 24.1. The molecule has 9 heteroatoms. The minimum atomic E-state index is -1.06. The molecule has 0 fully saturated rings. The number of hydrogen-bond donors (Lipinski definition) is 3. The van der Waals surface area contributed by atoms with Crippen LogP contribution in [-0.4, -0.2) is 53.3 Å². The van der Waals surface area contributed by atoms with Crippen molar-refractivity contribution in [3.63, 3.8) is 0 Å². The number of aromatic nitrogens is 1. The van der Waals surface area contributed by atoms with E-state index in [1.165, 1.54) is 0 Å². The molecule has 0 saturated heterocycles. The molecule has 218 valence electrons. The number of carboxylic acid groups (broad SMARTS) is 1. The molecule has 9 nitrogen and oxygen atoms in total. The van der Waals surface area contributed by atoms with E-state index in [1.807, 2.05) is 85.1 Å². The predicted molar refractivity (Wildman–Crippen MR) is 158 cm³/mol. The van der Waals surface area contributed by atoms with E-state index in [0.717, 1.165) is 27.8 Å². The number of nitrogens with zero attached hydrogens (tertiary/aromatic N) is 1. The Kier molecular flexibility index (Phi) is 9.51. The molecule has 0 radical (unpaired) electrons. The maximum atomic E-state index is 13.5. The molecule has 2 heterocycles. The lowest BCUT2D eigenvalue weighted by atomic mass is 9.94. The van der Waals surface area contributed by atoms with Gasteiger partial charge in [-0.15, -0.1) is 0 Å². The average Bonchev–Trinajstić information content (AvgIpc) is 3.34. The number of carbonyl (C=O) groups is 3. The Morgan fingerprint density at radius 2 is 1.74 bits per heavy atom. The van der Waals surface area contributed by atoms with Crippen LogP contribution in [0, 0.1) is 5.92 Å². The molecule has 2 atom stereocenters. The topological polar surface area (TPSA) is 119 Å². The third-order valence-corrected chi connectivity index (χ3v) is 7.43. The average molecular weight is 570 g/mol. The van der Waals surface area contributed by atoms with Crippen LogP contribution in [0.5, 0.6) is 11.5 Å². The summed E-state index contributed by atoms with van der Waals surface area (Å²) in [6.45, 7) is 1.87. The first-order valence-electron chi connectivity index (χ1n) is 14.2. The normalized spacial score (nSPS) is 16.5. The van der Waals surface area contributed by atoms with Crippen LogP contribution in [0.1, 0.15) is 24.0 Å². The first-order chi connectivity index (χ1) is 20.5. The monoisotopic (exact) mass is 569 g/mol. The van der Waals surface area contributed by atoms with E-state index in [4.69, 9.17) is 9.47 Å². The second kappa shape index (κ2) is 13.8. The van der Waals surface area contributed by atoms with Gasteiger partial charge in [-0.25, -0.2) is 0 Å². The third kappa shape index (κ3) is 7.55. The van der Waals surface area contributed by atoms with Crippen molar-refractivity contribution < 1.29 is 29.0 Å². The number of benzene rings is 3. The van der Waals surface area contributed by atoms with Gasteiger partial charge >= 0.3 is 5.97 Å². The summed E-state index contributed by atoms with van der Waals surface area (Å²) in [6.07, 6.45) is 2.77. The molecule has 2 amide bonds. The number of para-hydroxylation sites is 2. The number of aliphatic carboxylic acids is 1. The highest BCUT2D eigenvalue weighted by Gasteiger charge is 2.28. The summed E-state index contributed by atoms with van der Waals surface area (Å²) in [5.74, 6) is -1.23. The summed E-state index contributed by atoms with van der Waals surface area (Å²) >= 11 is 0. The van der Waals surface area contributed by atoms with Gasteiger partial charge in [0.25, 0.3) is 0 Å². The highest BCUT2D eigenvalue weighted by Crippen LogP contribution is 2.25. The summed E-state index contributed by atoms with van der Waals surface area (Å²) < 4.78 is 13.6. The van der Waals surface area contributed by atoms with Crippen LogP contribution < -0.4 is 15.4 Å². The zero-order valence-corrected chi connectivity index (χ0v) is 23.3. The van der Waals surface area contributed by atoms with Crippen molar-refractivity contribution in [3.8, 4) is 11.5 Å². The molecule has 3 N–H and O–H groups in total. The van der Waals surface area contributed by atoms with Gasteiger partial charge in [0.1, 0.15) is 17.5 Å². The van der Waals surface area contributed by atoms with Crippen molar-refractivity contribution in [1.82, 2.24) is 15.2 Å². The van der Waals surface area contributed by atoms with E-state index in [9.17, 15) is 19.5 Å². The van der Waals surface area contributed by atoms with Crippen LogP contribution in [0.2, 0.25) is 0 Å². The Labute approximate surface area is 244 Å². The Morgan fingerprint density at radius 1 is 1.00 bits per heavy atom. The van der Waals surface area contributed by atoms with Crippen LogP contribution >= 0.6 is 0 Å². The molecule has 1 aromatic heterocycles. The maximum absolute atomic E-state index is 13.5. The predicted octanol–water partition coefficient (Wildman–Crippen LogP) is 4.33. The second-order valence-corrected chi connectivity index (χ2v) is 10.4. The fraction of sp³-hybridized carbons (Fsp3) is 0.303. The molecule has 5 rings (SSSR count). The van der Waals surface area contributed by atoms with E-state index in [-0.39, 0.29) is 18.7 Å². The summed E-state index contributed by atoms with van der Waals surface area (Å²) in [5, 5.41) is 16.3. The van der Waals surface area contributed by atoms with E-state index in [0.29, 0.717) is 44.9 Å².